The Balaban J connectivity index is 3.22. The molecule has 0 fully saturated rings. The van der Waals surface area contributed by atoms with Gasteiger partial charge in [-0.3, -0.25) is 0 Å². The summed E-state index contributed by atoms with van der Waals surface area (Å²) in [5.74, 6) is 0.599. The highest BCUT2D eigenvalue weighted by atomic mass is 16.5. The highest BCUT2D eigenvalue weighted by molar-refractivity contribution is 4.55. The Morgan fingerprint density at radius 3 is 2.38 bits per heavy atom. The van der Waals surface area contributed by atoms with Crippen LogP contribution in [-0.2, 0) is 4.74 Å². The van der Waals surface area contributed by atoms with Crippen LogP contribution < -0.4 is 0 Å². The maximum Gasteiger partial charge on any atom is 0.0638 e. The summed E-state index contributed by atoms with van der Waals surface area (Å²) < 4.78 is 5.42. The lowest BCUT2D eigenvalue weighted by Gasteiger charge is -2.18. The molecule has 3 nitrogen and oxygen atoms in total. The Morgan fingerprint density at radius 1 is 1.31 bits per heavy atom. The molecule has 0 aromatic carbocycles. The summed E-state index contributed by atoms with van der Waals surface area (Å²) in [7, 11) is 1.99. The average Bonchev–Trinajstić information content (AvgIpc) is 1.96. The van der Waals surface area contributed by atoms with Gasteiger partial charge >= 0.3 is 0 Å². The van der Waals surface area contributed by atoms with Crippen molar-refractivity contribution in [1.82, 2.24) is 4.90 Å². The third-order valence-corrected chi connectivity index (χ3v) is 1.64. The number of nitrogens with zero attached hydrogens (tertiary/aromatic N) is 1. The van der Waals surface area contributed by atoms with Crippen LogP contribution in [0.4, 0.5) is 0 Å². The first-order valence-corrected chi connectivity index (χ1v) is 4.96. The Morgan fingerprint density at radius 2 is 1.92 bits per heavy atom. The minimum absolute atomic E-state index is 0.255. The van der Waals surface area contributed by atoms with Gasteiger partial charge in [0.1, 0.15) is 0 Å². The van der Waals surface area contributed by atoms with E-state index in [0.717, 1.165) is 19.8 Å². The van der Waals surface area contributed by atoms with Crippen molar-refractivity contribution in [1.29, 1.82) is 0 Å². The predicted octanol–water partition coefficient (Wildman–Crippen LogP) is 0.972. The fraction of sp³-hybridized carbons (Fsp3) is 1.00. The van der Waals surface area contributed by atoms with Crippen LogP contribution >= 0.6 is 0 Å². The molecular formula is C10H23NO2. The van der Waals surface area contributed by atoms with Gasteiger partial charge in [0, 0.05) is 19.7 Å². The van der Waals surface area contributed by atoms with Gasteiger partial charge in [0.05, 0.1) is 12.7 Å². The maximum atomic E-state index is 9.09. The van der Waals surface area contributed by atoms with Gasteiger partial charge in [-0.2, -0.15) is 0 Å². The molecule has 0 aliphatic rings. The number of aliphatic hydroxyl groups excluding tert-OH is 1. The number of hydrogen-bond acceptors (Lipinski definition) is 3. The molecule has 0 amide bonds. The molecule has 80 valence electrons. The monoisotopic (exact) mass is 189 g/mol. The largest absolute Gasteiger partial charge is 0.392 e. The Bertz CT molecular complexity index is 115. The molecule has 0 bridgehead atoms. The summed E-state index contributed by atoms with van der Waals surface area (Å²) in [4.78, 5) is 2.07. The molecule has 0 heterocycles. The molecule has 13 heavy (non-hydrogen) atoms. The number of ether oxygens (including phenoxy) is 1. The van der Waals surface area contributed by atoms with E-state index in [1.165, 1.54) is 0 Å². The molecule has 3 heteroatoms. The van der Waals surface area contributed by atoms with E-state index in [0.29, 0.717) is 12.5 Å². The van der Waals surface area contributed by atoms with Gasteiger partial charge < -0.3 is 14.7 Å². The van der Waals surface area contributed by atoms with Crippen LogP contribution in [-0.4, -0.2) is 49.5 Å². The SMILES string of the molecule is CC(C)COCCN(C)CC(C)O. The van der Waals surface area contributed by atoms with Gasteiger partial charge in [-0.05, 0) is 19.9 Å². The van der Waals surface area contributed by atoms with E-state index in [2.05, 4.69) is 18.7 Å². The van der Waals surface area contributed by atoms with Crippen molar-refractivity contribution < 1.29 is 9.84 Å². The number of aliphatic hydroxyl groups is 1. The average molecular weight is 189 g/mol. The van der Waals surface area contributed by atoms with Gasteiger partial charge in [0.2, 0.25) is 0 Å². The van der Waals surface area contributed by atoms with E-state index in [9.17, 15) is 0 Å². The first-order chi connectivity index (χ1) is 6.02. The topological polar surface area (TPSA) is 32.7 Å². The van der Waals surface area contributed by atoms with Crippen molar-refractivity contribution >= 4 is 0 Å². The molecule has 0 saturated carbocycles. The van der Waals surface area contributed by atoms with Crippen LogP contribution in [0.3, 0.4) is 0 Å². The molecule has 0 aromatic rings. The zero-order valence-corrected chi connectivity index (χ0v) is 9.29. The van der Waals surface area contributed by atoms with Gasteiger partial charge in [-0.1, -0.05) is 13.8 Å². The van der Waals surface area contributed by atoms with Crippen molar-refractivity contribution in [2.45, 2.75) is 26.9 Å². The molecule has 0 aromatic heterocycles. The molecule has 0 aliphatic heterocycles. The lowest BCUT2D eigenvalue weighted by atomic mass is 10.2. The van der Waals surface area contributed by atoms with E-state index in [1.807, 2.05) is 7.05 Å². The molecule has 0 spiro atoms. The fourth-order valence-corrected chi connectivity index (χ4v) is 1.08. The zero-order chi connectivity index (χ0) is 10.3. The Labute approximate surface area is 81.7 Å². The molecule has 0 saturated heterocycles. The summed E-state index contributed by atoms with van der Waals surface area (Å²) in [6, 6.07) is 0. The Kier molecular flexibility index (Phi) is 7.23. The first kappa shape index (κ1) is 12.9. The smallest absolute Gasteiger partial charge is 0.0638 e. The van der Waals surface area contributed by atoms with Crippen molar-refractivity contribution in [3.8, 4) is 0 Å². The van der Waals surface area contributed by atoms with Gasteiger partial charge in [-0.15, -0.1) is 0 Å². The molecule has 0 aliphatic carbocycles. The van der Waals surface area contributed by atoms with Crippen LogP contribution in [0, 0.1) is 5.92 Å². The molecule has 0 radical (unpaired) electrons. The quantitative estimate of drug-likeness (QED) is 0.606. The first-order valence-electron chi connectivity index (χ1n) is 4.96. The van der Waals surface area contributed by atoms with Crippen molar-refractivity contribution in [3.63, 3.8) is 0 Å². The third kappa shape index (κ3) is 9.80. The number of rotatable bonds is 7. The lowest BCUT2D eigenvalue weighted by molar-refractivity contribution is 0.0764. The summed E-state index contributed by atoms with van der Waals surface area (Å²) in [5, 5.41) is 9.09. The second kappa shape index (κ2) is 7.30. The lowest BCUT2D eigenvalue weighted by Crippen LogP contribution is -2.30. The van der Waals surface area contributed by atoms with Gasteiger partial charge in [-0.25, -0.2) is 0 Å². The molecule has 1 N–H and O–H groups in total. The van der Waals surface area contributed by atoms with Crippen LogP contribution in [0.15, 0.2) is 0 Å². The van der Waals surface area contributed by atoms with Crippen molar-refractivity contribution in [3.05, 3.63) is 0 Å². The van der Waals surface area contributed by atoms with Crippen LogP contribution in [0.5, 0.6) is 0 Å². The molecule has 0 rings (SSSR count). The van der Waals surface area contributed by atoms with Crippen molar-refractivity contribution in [2.24, 2.45) is 5.92 Å². The number of likely N-dealkylation sites (N-methyl/N-ethyl adjacent to an activating group) is 1. The van der Waals surface area contributed by atoms with E-state index in [1.54, 1.807) is 6.92 Å². The summed E-state index contributed by atoms with van der Waals surface area (Å²) >= 11 is 0. The highest BCUT2D eigenvalue weighted by Gasteiger charge is 2.02. The Hall–Kier alpha value is -0.120. The van der Waals surface area contributed by atoms with E-state index in [-0.39, 0.29) is 6.10 Å². The van der Waals surface area contributed by atoms with Crippen molar-refractivity contribution in [2.75, 3.05) is 33.4 Å². The second-order valence-electron chi connectivity index (χ2n) is 4.08. The molecular weight excluding hydrogens is 166 g/mol. The minimum atomic E-state index is -0.255. The van der Waals surface area contributed by atoms with Gasteiger partial charge in [0.25, 0.3) is 0 Å². The predicted molar refractivity (Wildman–Crippen MR) is 54.8 cm³/mol. The number of hydrogen-bond donors (Lipinski definition) is 1. The van der Waals surface area contributed by atoms with Gasteiger partial charge in [0.15, 0.2) is 0 Å². The summed E-state index contributed by atoms with van der Waals surface area (Å²) in [6.07, 6.45) is -0.255. The van der Waals surface area contributed by atoms with E-state index < -0.39 is 0 Å². The summed E-state index contributed by atoms with van der Waals surface area (Å²) in [5.41, 5.74) is 0. The third-order valence-electron chi connectivity index (χ3n) is 1.64. The highest BCUT2D eigenvalue weighted by Crippen LogP contribution is 1.93. The van der Waals surface area contributed by atoms with Crippen LogP contribution in [0.1, 0.15) is 20.8 Å². The van der Waals surface area contributed by atoms with Crippen LogP contribution in [0.25, 0.3) is 0 Å². The maximum absolute atomic E-state index is 9.09. The summed E-state index contributed by atoms with van der Waals surface area (Å²) in [6.45, 7) is 9.25. The normalized spacial score (nSPS) is 14.1. The standard InChI is InChI=1S/C10H23NO2/c1-9(2)8-13-6-5-11(4)7-10(3)12/h9-10,12H,5-8H2,1-4H3. The second-order valence-corrected chi connectivity index (χ2v) is 4.08. The molecule has 1 unspecified atom stereocenters. The van der Waals surface area contributed by atoms with Crippen LogP contribution in [0.2, 0.25) is 0 Å². The van der Waals surface area contributed by atoms with E-state index in [4.69, 9.17) is 9.84 Å². The minimum Gasteiger partial charge on any atom is -0.392 e. The van der Waals surface area contributed by atoms with E-state index >= 15 is 0 Å². The molecule has 1 atom stereocenters. The fourth-order valence-electron chi connectivity index (χ4n) is 1.08. The zero-order valence-electron chi connectivity index (χ0n) is 9.29.